The number of aromatic nitrogens is 1. The van der Waals surface area contributed by atoms with Crippen molar-refractivity contribution in [2.45, 2.75) is 31.3 Å². The highest BCUT2D eigenvalue weighted by atomic mass is 32.2. The number of nitrogens with zero attached hydrogens (tertiary/aromatic N) is 2. The molecule has 5 rings (SSSR count). The molecule has 0 bridgehead atoms. The lowest BCUT2D eigenvalue weighted by molar-refractivity contribution is -0.137. The van der Waals surface area contributed by atoms with Crippen molar-refractivity contribution in [3.05, 3.63) is 113 Å². The summed E-state index contributed by atoms with van der Waals surface area (Å²) in [6.07, 6.45) is 3.05. The molecule has 1 atom stereocenters. The second-order valence-electron chi connectivity index (χ2n) is 9.43. The Kier molecular flexibility index (Phi) is 8.79. The monoisotopic (exact) mass is 627 g/mol. The fourth-order valence-corrected chi connectivity index (χ4v) is 5.83. The van der Waals surface area contributed by atoms with Gasteiger partial charge >= 0.3 is 6.18 Å². The van der Waals surface area contributed by atoms with Crippen LogP contribution in [0.25, 0.3) is 17.2 Å². The zero-order valence-corrected chi connectivity index (χ0v) is 24.6. The Bertz CT molecular complexity index is 1750. The van der Waals surface area contributed by atoms with Gasteiger partial charge in [-0.3, -0.25) is 4.72 Å². The van der Waals surface area contributed by atoms with Crippen LogP contribution < -0.4 is 13.8 Å². The highest BCUT2D eigenvalue weighted by Crippen LogP contribution is 2.45. The standard InChI is InChI=1S/C31H25F4N3O3S2/c1-4-5-20(3)42-41-29-17-21(23-14-24(31(33,34)35)18-25(32)15-23)8-10-28(29)38-19(2)6-7-22-16-26(9-11-27(22)38)43(39)37-30-12-13-40-36-30/h5-18H,2,4H2,1,3H3,(H,36,37)/b20-5+. The van der Waals surface area contributed by atoms with Gasteiger partial charge in [0.1, 0.15) is 12.1 Å². The summed E-state index contributed by atoms with van der Waals surface area (Å²) in [6, 6.07) is 14.1. The van der Waals surface area contributed by atoms with Crippen LogP contribution in [0.1, 0.15) is 31.4 Å². The maximum atomic E-state index is 14.3. The third kappa shape index (κ3) is 6.86. The normalized spacial score (nSPS) is 14.0. The van der Waals surface area contributed by atoms with E-state index in [0.717, 1.165) is 41.1 Å². The Hall–Kier alpha value is -4.29. The zero-order valence-electron chi connectivity index (χ0n) is 22.9. The Labute approximate surface area is 252 Å². The molecule has 0 fully saturated rings. The molecule has 3 aromatic carbocycles. The van der Waals surface area contributed by atoms with Gasteiger partial charge in [-0.25, -0.2) is 8.60 Å². The van der Waals surface area contributed by atoms with E-state index >= 15 is 0 Å². The van der Waals surface area contributed by atoms with Gasteiger partial charge in [-0.1, -0.05) is 36.9 Å². The van der Waals surface area contributed by atoms with Crippen molar-refractivity contribution in [1.29, 1.82) is 0 Å². The van der Waals surface area contributed by atoms with Gasteiger partial charge in [0.25, 0.3) is 0 Å². The van der Waals surface area contributed by atoms with Gasteiger partial charge in [-0.2, -0.15) is 13.2 Å². The number of benzene rings is 3. The summed E-state index contributed by atoms with van der Waals surface area (Å²) in [5.74, 6) is -0.344. The quantitative estimate of drug-likeness (QED) is 0.147. The number of hydrogen-bond acceptors (Lipinski definition) is 6. The first kappa shape index (κ1) is 30.2. The molecule has 0 saturated heterocycles. The number of alkyl halides is 3. The average molecular weight is 628 g/mol. The van der Waals surface area contributed by atoms with E-state index in [1.165, 1.54) is 6.26 Å². The predicted molar refractivity (Wildman–Crippen MR) is 162 cm³/mol. The molecule has 1 unspecified atom stereocenters. The maximum absolute atomic E-state index is 14.3. The van der Waals surface area contributed by atoms with Crippen molar-refractivity contribution >= 4 is 46.3 Å². The van der Waals surface area contributed by atoms with Crippen LogP contribution in [0.15, 0.2) is 106 Å². The highest BCUT2D eigenvalue weighted by Gasteiger charge is 2.32. The van der Waals surface area contributed by atoms with E-state index in [0.29, 0.717) is 45.2 Å². The third-order valence-corrected chi connectivity index (χ3v) is 8.11. The maximum Gasteiger partial charge on any atom is 0.416 e. The molecule has 12 heteroatoms. The van der Waals surface area contributed by atoms with Gasteiger partial charge in [0.15, 0.2) is 22.6 Å². The lowest BCUT2D eigenvalue weighted by atomic mass is 10.00. The van der Waals surface area contributed by atoms with Crippen LogP contribution in [0.5, 0.6) is 5.75 Å². The molecule has 1 aromatic heterocycles. The Morgan fingerprint density at radius 3 is 2.60 bits per heavy atom. The zero-order chi connectivity index (χ0) is 30.7. The SMILES string of the molecule is C=C1C=Cc2cc(S(=O)Nc3ccon3)ccc2N1c1ccc(-c2cc(F)cc(C(F)(F)F)c2)cc1OS/C(C)=C/CC. The number of anilines is 3. The molecule has 1 aliphatic rings. The van der Waals surface area contributed by atoms with Crippen molar-refractivity contribution in [3.8, 4) is 16.9 Å². The molecule has 0 aliphatic carbocycles. The van der Waals surface area contributed by atoms with Gasteiger partial charge in [0.05, 0.1) is 33.9 Å². The van der Waals surface area contributed by atoms with E-state index in [-0.39, 0.29) is 5.56 Å². The first-order valence-corrected chi connectivity index (χ1v) is 14.9. The second kappa shape index (κ2) is 12.5. The number of allylic oxidation sites excluding steroid dienone is 3. The number of nitrogens with one attached hydrogen (secondary N) is 1. The van der Waals surface area contributed by atoms with E-state index in [9.17, 15) is 21.8 Å². The molecule has 1 N–H and O–H groups in total. The molecule has 4 aromatic rings. The molecule has 43 heavy (non-hydrogen) atoms. The molecule has 2 heterocycles. The van der Waals surface area contributed by atoms with Crippen LogP contribution in [0.3, 0.4) is 0 Å². The minimum absolute atomic E-state index is 0.0547. The summed E-state index contributed by atoms with van der Waals surface area (Å²) in [4.78, 5) is 3.21. The summed E-state index contributed by atoms with van der Waals surface area (Å²) in [5, 5.41) is 3.72. The van der Waals surface area contributed by atoms with Gasteiger partial charge in [-0.15, -0.1) is 0 Å². The largest absolute Gasteiger partial charge is 0.419 e. The summed E-state index contributed by atoms with van der Waals surface area (Å²) >= 11 is 1.11. The molecule has 1 aliphatic heterocycles. The van der Waals surface area contributed by atoms with E-state index in [1.807, 2.05) is 30.9 Å². The Morgan fingerprint density at radius 1 is 1.09 bits per heavy atom. The molecule has 0 spiro atoms. The minimum Gasteiger partial charge on any atom is -0.419 e. The van der Waals surface area contributed by atoms with Crippen LogP contribution in [0, 0.1) is 5.82 Å². The van der Waals surface area contributed by atoms with Crippen LogP contribution in [0.2, 0.25) is 0 Å². The molecule has 6 nitrogen and oxygen atoms in total. The van der Waals surface area contributed by atoms with Crippen molar-refractivity contribution < 1.29 is 30.5 Å². The van der Waals surface area contributed by atoms with Crippen molar-refractivity contribution in [3.63, 3.8) is 0 Å². The Balaban J connectivity index is 1.56. The number of rotatable bonds is 9. The summed E-state index contributed by atoms with van der Waals surface area (Å²) < 4.78 is 81.1. The average Bonchev–Trinajstić information content (AvgIpc) is 3.48. The molecular weight excluding hydrogens is 602 g/mol. The number of hydrogen-bond donors (Lipinski definition) is 1. The fraction of sp³-hybridized carbons (Fsp3) is 0.129. The molecule has 0 radical (unpaired) electrons. The van der Waals surface area contributed by atoms with Crippen molar-refractivity contribution in [1.82, 2.24) is 5.16 Å². The molecule has 0 amide bonds. The highest BCUT2D eigenvalue weighted by molar-refractivity contribution is 7.98. The van der Waals surface area contributed by atoms with Crippen LogP contribution in [-0.2, 0) is 17.2 Å². The van der Waals surface area contributed by atoms with E-state index in [4.69, 9.17) is 8.71 Å². The first-order valence-electron chi connectivity index (χ1n) is 13.0. The fourth-order valence-electron chi connectivity index (χ4n) is 4.40. The molecular formula is C31H25F4N3O3S2. The lowest BCUT2D eigenvalue weighted by Crippen LogP contribution is -2.19. The van der Waals surface area contributed by atoms with Crippen LogP contribution in [-0.4, -0.2) is 9.37 Å². The van der Waals surface area contributed by atoms with Crippen LogP contribution in [0.4, 0.5) is 34.8 Å². The topological polar surface area (TPSA) is 67.6 Å². The van der Waals surface area contributed by atoms with Crippen molar-refractivity contribution in [2.24, 2.45) is 0 Å². The third-order valence-electron chi connectivity index (χ3n) is 6.35. The second-order valence-corrected chi connectivity index (χ2v) is 11.6. The van der Waals surface area contributed by atoms with E-state index in [1.54, 1.807) is 48.5 Å². The van der Waals surface area contributed by atoms with Crippen LogP contribution >= 0.6 is 12.0 Å². The summed E-state index contributed by atoms with van der Waals surface area (Å²) in [5.41, 5.74) is 1.91. The van der Waals surface area contributed by atoms with E-state index in [2.05, 4.69) is 16.5 Å². The van der Waals surface area contributed by atoms with Gasteiger partial charge in [0, 0.05) is 16.7 Å². The predicted octanol–water partition coefficient (Wildman–Crippen LogP) is 9.65. The van der Waals surface area contributed by atoms with Gasteiger partial charge in [0.2, 0.25) is 0 Å². The first-order chi connectivity index (χ1) is 20.5. The van der Waals surface area contributed by atoms with E-state index < -0.39 is 28.5 Å². The molecule has 0 saturated carbocycles. The molecule has 222 valence electrons. The lowest BCUT2D eigenvalue weighted by Gasteiger charge is -2.31. The summed E-state index contributed by atoms with van der Waals surface area (Å²) in [6.45, 7) is 8.04. The summed E-state index contributed by atoms with van der Waals surface area (Å²) in [7, 11) is -1.62. The van der Waals surface area contributed by atoms with Crippen molar-refractivity contribution in [2.75, 3.05) is 9.62 Å². The number of halogens is 4. The number of fused-ring (bicyclic) bond motifs is 1. The van der Waals surface area contributed by atoms with Gasteiger partial charge < -0.3 is 13.6 Å². The van der Waals surface area contributed by atoms with Gasteiger partial charge in [-0.05, 0) is 84.6 Å². The Morgan fingerprint density at radius 2 is 1.88 bits per heavy atom. The minimum atomic E-state index is -4.71. The smallest absolute Gasteiger partial charge is 0.416 e.